The average molecular weight is 461 g/mol. The summed E-state index contributed by atoms with van der Waals surface area (Å²) in [5, 5.41) is 2.10. The van der Waals surface area contributed by atoms with E-state index in [0.717, 1.165) is 48.7 Å². The maximum atomic E-state index is 12.8. The molecule has 4 aromatic carbocycles. The molecule has 0 unspecified atom stereocenters. The number of rotatable bonds is 1. The maximum Gasteiger partial charge on any atom is 0.207 e. The third kappa shape index (κ3) is 2.38. The quantitative estimate of drug-likeness (QED) is 0.270. The third-order valence-electron chi connectivity index (χ3n) is 5.50. The van der Waals surface area contributed by atoms with E-state index in [1.54, 1.807) is 18.2 Å². The Balaban J connectivity index is 1.57. The van der Waals surface area contributed by atoms with Gasteiger partial charge in [-0.1, -0.05) is 46.3 Å². The molecule has 0 saturated heterocycles. The first kappa shape index (κ1) is 17.0. The number of fused-ring (bicyclic) bond motifs is 6. The van der Waals surface area contributed by atoms with Gasteiger partial charge in [0, 0.05) is 26.4 Å². The number of sulfone groups is 1. The van der Waals surface area contributed by atoms with Crippen molar-refractivity contribution in [3.8, 4) is 22.3 Å². The number of hydrogen-bond acceptors (Lipinski definition) is 3. The molecule has 5 aromatic rings. The van der Waals surface area contributed by atoms with Gasteiger partial charge in [-0.25, -0.2) is 8.42 Å². The second-order valence-corrected chi connectivity index (χ2v) is 9.97. The number of halogens is 1. The largest absolute Gasteiger partial charge is 0.456 e. The molecule has 0 atom stereocenters. The Kier molecular flexibility index (Phi) is 3.41. The lowest BCUT2D eigenvalue weighted by Gasteiger charge is -2.06. The van der Waals surface area contributed by atoms with E-state index < -0.39 is 9.84 Å². The number of benzene rings is 4. The third-order valence-corrected chi connectivity index (χ3v) is 7.87. The van der Waals surface area contributed by atoms with E-state index >= 15 is 0 Å². The van der Waals surface area contributed by atoms with Crippen LogP contribution >= 0.6 is 15.9 Å². The first-order chi connectivity index (χ1) is 14.0. The van der Waals surface area contributed by atoms with E-state index in [2.05, 4.69) is 22.0 Å². The molecule has 1 aromatic heterocycles. The van der Waals surface area contributed by atoms with Gasteiger partial charge in [-0.2, -0.15) is 0 Å². The molecular weight excluding hydrogens is 448 g/mol. The second-order valence-electron chi connectivity index (χ2n) is 7.16. The highest BCUT2D eigenvalue weighted by atomic mass is 79.9. The van der Waals surface area contributed by atoms with Gasteiger partial charge in [0.15, 0.2) is 0 Å². The highest BCUT2D eigenvalue weighted by Crippen LogP contribution is 2.44. The zero-order valence-electron chi connectivity index (χ0n) is 15.0. The van der Waals surface area contributed by atoms with Crippen LogP contribution in [0.15, 0.2) is 97.5 Å². The minimum Gasteiger partial charge on any atom is -0.456 e. The number of hydrogen-bond donors (Lipinski definition) is 0. The average Bonchev–Trinajstić information content (AvgIpc) is 3.20. The minimum absolute atomic E-state index is 0.377. The molecule has 1 aliphatic rings. The molecule has 0 aliphatic carbocycles. The standard InChI is InChI=1S/C24H13BrO3S/c25-16-7-8-17-19-11-14(5-9-21(19)28-22(17)13-16)15-6-10-24-20(12-15)18-3-1-2-4-23(18)29(24,26)27/h1-13H. The zero-order valence-corrected chi connectivity index (χ0v) is 17.4. The highest BCUT2D eigenvalue weighted by Gasteiger charge is 2.32. The van der Waals surface area contributed by atoms with Gasteiger partial charge in [0.1, 0.15) is 11.2 Å². The van der Waals surface area contributed by atoms with Crippen molar-refractivity contribution in [2.24, 2.45) is 0 Å². The lowest BCUT2D eigenvalue weighted by molar-refractivity contribution is 0.598. The summed E-state index contributed by atoms with van der Waals surface area (Å²) in [5.41, 5.74) is 5.19. The van der Waals surface area contributed by atoms with Crippen LogP contribution in [0.1, 0.15) is 0 Å². The van der Waals surface area contributed by atoms with Crippen molar-refractivity contribution in [2.45, 2.75) is 9.79 Å². The van der Waals surface area contributed by atoms with Crippen LogP contribution < -0.4 is 0 Å². The Labute approximate surface area is 175 Å². The molecule has 1 aliphatic heterocycles. The molecule has 6 rings (SSSR count). The van der Waals surface area contributed by atoms with E-state index in [4.69, 9.17) is 4.42 Å². The van der Waals surface area contributed by atoms with Crippen molar-refractivity contribution < 1.29 is 12.8 Å². The van der Waals surface area contributed by atoms with E-state index in [-0.39, 0.29) is 0 Å². The molecule has 0 N–H and O–H groups in total. The lowest BCUT2D eigenvalue weighted by atomic mass is 9.98. The van der Waals surface area contributed by atoms with E-state index in [9.17, 15) is 8.42 Å². The van der Waals surface area contributed by atoms with Crippen molar-refractivity contribution in [3.63, 3.8) is 0 Å². The summed E-state index contributed by atoms with van der Waals surface area (Å²) in [4.78, 5) is 0.760. The maximum absolute atomic E-state index is 12.8. The topological polar surface area (TPSA) is 47.3 Å². The van der Waals surface area contributed by atoms with E-state index in [0.29, 0.717) is 9.79 Å². The Morgan fingerprint density at radius 2 is 1.41 bits per heavy atom. The summed E-state index contributed by atoms with van der Waals surface area (Å²) < 4.78 is 32.6. The Morgan fingerprint density at radius 1 is 0.655 bits per heavy atom. The first-order valence-corrected chi connectivity index (χ1v) is 11.4. The van der Waals surface area contributed by atoms with Crippen molar-refractivity contribution in [3.05, 3.63) is 83.3 Å². The molecule has 3 nitrogen and oxygen atoms in total. The smallest absolute Gasteiger partial charge is 0.207 e. The molecule has 0 bridgehead atoms. The summed E-state index contributed by atoms with van der Waals surface area (Å²) in [7, 11) is -3.44. The predicted molar refractivity (Wildman–Crippen MR) is 118 cm³/mol. The fraction of sp³-hybridized carbons (Fsp3) is 0. The molecule has 140 valence electrons. The Morgan fingerprint density at radius 3 is 2.31 bits per heavy atom. The molecule has 29 heavy (non-hydrogen) atoms. The highest BCUT2D eigenvalue weighted by molar-refractivity contribution is 9.10. The van der Waals surface area contributed by atoms with Crippen molar-refractivity contribution >= 4 is 47.7 Å². The molecule has 2 heterocycles. The van der Waals surface area contributed by atoms with Crippen LogP contribution in [0.5, 0.6) is 0 Å². The summed E-state index contributed by atoms with van der Waals surface area (Å²) in [5.74, 6) is 0. The van der Waals surface area contributed by atoms with Gasteiger partial charge in [-0.3, -0.25) is 0 Å². The Bertz CT molecular complexity index is 1580. The van der Waals surface area contributed by atoms with Gasteiger partial charge >= 0.3 is 0 Å². The van der Waals surface area contributed by atoms with Gasteiger partial charge < -0.3 is 4.42 Å². The Hall–Kier alpha value is -2.89. The fourth-order valence-electron chi connectivity index (χ4n) is 4.13. The minimum atomic E-state index is -3.44. The van der Waals surface area contributed by atoms with Crippen molar-refractivity contribution in [2.75, 3.05) is 0 Å². The zero-order chi connectivity index (χ0) is 19.8. The van der Waals surface area contributed by atoms with Gasteiger partial charge in [-0.15, -0.1) is 0 Å². The SMILES string of the molecule is O=S1(=O)c2ccccc2-c2cc(-c3ccc4oc5cc(Br)ccc5c4c3)ccc21. The molecule has 5 heteroatoms. The molecule has 0 saturated carbocycles. The van der Waals surface area contributed by atoms with Crippen LogP contribution in [-0.2, 0) is 9.84 Å². The summed E-state index contributed by atoms with van der Waals surface area (Å²) >= 11 is 3.48. The molecule has 0 spiro atoms. The van der Waals surface area contributed by atoms with Gasteiger partial charge in [0.2, 0.25) is 9.84 Å². The fourth-order valence-corrected chi connectivity index (χ4v) is 6.13. The van der Waals surface area contributed by atoms with Gasteiger partial charge in [0.25, 0.3) is 0 Å². The van der Waals surface area contributed by atoms with Gasteiger partial charge in [0.05, 0.1) is 9.79 Å². The van der Waals surface area contributed by atoms with Crippen molar-refractivity contribution in [1.29, 1.82) is 0 Å². The van der Waals surface area contributed by atoms with Crippen LogP contribution in [0.3, 0.4) is 0 Å². The van der Waals surface area contributed by atoms with Crippen LogP contribution in [0.2, 0.25) is 0 Å². The van der Waals surface area contributed by atoms with Gasteiger partial charge in [-0.05, 0) is 59.7 Å². The van der Waals surface area contributed by atoms with Crippen LogP contribution in [-0.4, -0.2) is 8.42 Å². The molecule has 0 radical (unpaired) electrons. The number of furan rings is 1. The first-order valence-electron chi connectivity index (χ1n) is 9.13. The summed E-state index contributed by atoms with van der Waals surface area (Å²) in [6.45, 7) is 0. The molecular formula is C24H13BrO3S. The monoisotopic (exact) mass is 460 g/mol. The van der Waals surface area contributed by atoms with E-state index in [1.807, 2.05) is 54.6 Å². The van der Waals surface area contributed by atoms with Crippen LogP contribution in [0, 0.1) is 0 Å². The van der Waals surface area contributed by atoms with Crippen LogP contribution in [0.4, 0.5) is 0 Å². The normalized spacial score (nSPS) is 14.2. The molecule has 0 amide bonds. The van der Waals surface area contributed by atoms with Crippen molar-refractivity contribution in [1.82, 2.24) is 0 Å². The molecule has 0 fully saturated rings. The summed E-state index contributed by atoms with van der Waals surface area (Å²) in [6.07, 6.45) is 0. The summed E-state index contributed by atoms with van der Waals surface area (Å²) in [6, 6.07) is 24.8. The van der Waals surface area contributed by atoms with E-state index in [1.165, 1.54) is 0 Å². The lowest BCUT2D eigenvalue weighted by Crippen LogP contribution is -1.96. The second kappa shape index (κ2) is 5.81. The predicted octanol–water partition coefficient (Wildman–Crippen LogP) is 6.83. The van der Waals surface area contributed by atoms with Crippen LogP contribution in [0.25, 0.3) is 44.2 Å².